The summed E-state index contributed by atoms with van der Waals surface area (Å²) in [6.45, 7) is 0.340. The van der Waals surface area contributed by atoms with E-state index in [1.807, 2.05) is 66.7 Å². The third kappa shape index (κ3) is 5.79. The van der Waals surface area contributed by atoms with Gasteiger partial charge in [0.15, 0.2) is 11.5 Å². The molecule has 1 N–H and O–H groups in total. The normalized spacial score (nSPS) is 12.7. The SMILES string of the molecule is COc1cccc(CNC(=O)CSC2=Nc3ccccc3N=C(c3ccc(Cl)cc3)C2)c1OC. The van der Waals surface area contributed by atoms with Gasteiger partial charge in [-0.3, -0.25) is 9.79 Å². The largest absolute Gasteiger partial charge is 0.493 e. The Hall–Kier alpha value is -3.29. The van der Waals surface area contributed by atoms with E-state index in [9.17, 15) is 4.79 Å². The van der Waals surface area contributed by atoms with E-state index >= 15 is 0 Å². The predicted octanol–water partition coefficient (Wildman–Crippen LogP) is 5.96. The Morgan fingerprint density at radius 1 is 0.971 bits per heavy atom. The Labute approximate surface area is 208 Å². The number of para-hydroxylation sites is 3. The standard InChI is InChI=1S/C26H24ClN3O3S/c1-32-23-9-5-6-18(26(23)33-2)15-28-24(31)16-34-25-14-22(17-10-12-19(27)13-11-17)29-20-7-3-4-8-21(20)30-25/h3-13H,14-16H2,1-2H3,(H,28,31). The maximum atomic E-state index is 12.6. The van der Waals surface area contributed by atoms with Crippen molar-refractivity contribution in [3.05, 3.63) is 82.9 Å². The topological polar surface area (TPSA) is 72.3 Å². The van der Waals surface area contributed by atoms with Gasteiger partial charge in [0.25, 0.3) is 0 Å². The summed E-state index contributed by atoms with van der Waals surface area (Å²) in [5.41, 5.74) is 4.30. The lowest BCUT2D eigenvalue weighted by Gasteiger charge is -2.13. The molecule has 0 saturated carbocycles. The summed E-state index contributed by atoms with van der Waals surface area (Å²) in [6.07, 6.45) is 0.526. The van der Waals surface area contributed by atoms with Gasteiger partial charge in [0.2, 0.25) is 5.91 Å². The molecule has 174 valence electrons. The zero-order valence-electron chi connectivity index (χ0n) is 18.9. The maximum absolute atomic E-state index is 12.6. The Bertz CT molecular complexity index is 1240. The Balaban J connectivity index is 1.45. The number of benzene rings is 3. The minimum absolute atomic E-state index is 0.0971. The van der Waals surface area contributed by atoms with Crippen LogP contribution in [0.5, 0.6) is 11.5 Å². The van der Waals surface area contributed by atoms with E-state index in [0.717, 1.165) is 33.3 Å². The van der Waals surface area contributed by atoms with E-state index in [1.165, 1.54) is 11.8 Å². The van der Waals surface area contributed by atoms with Crippen LogP contribution in [0.4, 0.5) is 11.4 Å². The van der Waals surface area contributed by atoms with E-state index in [0.29, 0.717) is 29.5 Å². The maximum Gasteiger partial charge on any atom is 0.230 e. The number of methoxy groups -OCH3 is 2. The van der Waals surface area contributed by atoms with Crippen molar-refractivity contribution in [1.82, 2.24) is 5.32 Å². The smallest absolute Gasteiger partial charge is 0.230 e. The molecular formula is C26H24ClN3O3S. The Kier molecular flexibility index (Phi) is 7.87. The molecule has 1 aliphatic heterocycles. The van der Waals surface area contributed by atoms with E-state index in [2.05, 4.69) is 5.32 Å². The molecule has 8 heteroatoms. The first-order valence-corrected chi connectivity index (χ1v) is 12.0. The van der Waals surface area contributed by atoms with E-state index in [-0.39, 0.29) is 11.7 Å². The molecule has 1 amide bonds. The Morgan fingerprint density at radius 3 is 2.41 bits per heavy atom. The summed E-state index contributed by atoms with van der Waals surface area (Å²) in [5.74, 6) is 1.39. The summed E-state index contributed by atoms with van der Waals surface area (Å²) in [6, 6.07) is 20.9. The first-order chi connectivity index (χ1) is 16.6. The fourth-order valence-electron chi connectivity index (χ4n) is 3.53. The second kappa shape index (κ2) is 11.2. The highest BCUT2D eigenvalue weighted by Crippen LogP contribution is 2.34. The molecule has 3 aromatic rings. The van der Waals surface area contributed by atoms with Gasteiger partial charge in [0.05, 0.1) is 42.1 Å². The summed E-state index contributed by atoms with van der Waals surface area (Å²) in [4.78, 5) is 22.3. The molecule has 34 heavy (non-hydrogen) atoms. The number of thioether (sulfide) groups is 1. The van der Waals surface area contributed by atoms with Gasteiger partial charge in [-0.25, -0.2) is 4.99 Å². The molecule has 3 aromatic carbocycles. The average molecular weight is 494 g/mol. The van der Waals surface area contributed by atoms with Crippen molar-refractivity contribution in [3.8, 4) is 11.5 Å². The van der Waals surface area contributed by atoms with Crippen molar-refractivity contribution in [2.45, 2.75) is 13.0 Å². The monoisotopic (exact) mass is 493 g/mol. The van der Waals surface area contributed by atoms with Crippen molar-refractivity contribution < 1.29 is 14.3 Å². The van der Waals surface area contributed by atoms with Crippen LogP contribution in [0.2, 0.25) is 5.02 Å². The molecule has 0 saturated heterocycles. The lowest BCUT2D eigenvalue weighted by atomic mass is 10.1. The van der Waals surface area contributed by atoms with Crippen LogP contribution in [0.1, 0.15) is 17.5 Å². The predicted molar refractivity (Wildman–Crippen MR) is 140 cm³/mol. The number of rotatable bonds is 7. The number of carbonyl (C=O) groups is 1. The fraction of sp³-hybridized carbons (Fsp3) is 0.192. The highest BCUT2D eigenvalue weighted by Gasteiger charge is 2.17. The first kappa shape index (κ1) is 23.9. The number of halogens is 1. The number of fused-ring (bicyclic) bond motifs is 1. The van der Waals surface area contributed by atoms with Gasteiger partial charge < -0.3 is 14.8 Å². The van der Waals surface area contributed by atoms with Gasteiger partial charge in [-0.05, 0) is 35.9 Å². The third-order valence-electron chi connectivity index (χ3n) is 5.21. The fourth-order valence-corrected chi connectivity index (χ4v) is 4.46. The molecule has 4 rings (SSSR count). The van der Waals surface area contributed by atoms with Gasteiger partial charge >= 0.3 is 0 Å². The minimum Gasteiger partial charge on any atom is -0.493 e. The van der Waals surface area contributed by atoms with Crippen LogP contribution >= 0.6 is 23.4 Å². The number of amides is 1. The van der Waals surface area contributed by atoms with E-state index in [4.69, 9.17) is 31.1 Å². The van der Waals surface area contributed by atoms with Crippen LogP contribution in [0.15, 0.2) is 76.7 Å². The molecule has 1 aliphatic rings. The zero-order valence-corrected chi connectivity index (χ0v) is 20.4. The van der Waals surface area contributed by atoms with Crippen LogP contribution in [-0.4, -0.2) is 36.6 Å². The van der Waals surface area contributed by atoms with Gasteiger partial charge in [0.1, 0.15) is 0 Å². The summed E-state index contributed by atoms with van der Waals surface area (Å²) < 4.78 is 10.8. The number of ether oxygens (including phenoxy) is 2. The second-order valence-electron chi connectivity index (χ2n) is 7.45. The van der Waals surface area contributed by atoms with Crippen LogP contribution in [0.3, 0.4) is 0 Å². The molecule has 0 atom stereocenters. The number of nitrogens with zero attached hydrogens (tertiary/aromatic N) is 2. The van der Waals surface area contributed by atoms with Gasteiger partial charge in [-0.15, -0.1) is 11.8 Å². The van der Waals surface area contributed by atoms with E-state index < -0.39 is 0 Å². The quantitative estimate of drug-likeness (QED) is 0.440. The minimum atomic E-state index is -0.0971. The highest BCUT2D eigenvalue weighted by molar-refractivity contribution is 8.14. The number of nitrogens with one attached hydrogen (secondary N) is 1. The lowest BCUT2D eigenvalue weighted by molar-refractivity contribution is -0.118. The Morgan fingerprint density at radius 2 is 1.71 bits per heavy atom. The molecular weight excluding hydrogens is 470 g/mol. The van der Waals surface area contributed by atoms with Crippen molar-refractivity contribution in [3.63, 3.8) is 0 Å². The van der Waals surface area contributed by atoms with Gasteiger partial charge in [0, 0.05) is 23.6 Å². The van der Waals surface area contributed by atoms with Crippen LogP contribution in [-0.2, 0) is 11.3 Å². The van der Waals surface area contributed by atoms with Crippen LogP contribution in [0.25, 0.3) is 0 Å². The zero-order chi connectivity index (χ0) is 23.9. The molecule has 0 bridgehead atoms. The lowest BCUT2D eigenvalue weighted by Crippen LogP contribution is -2.25. The third-order valence-corrected chi connectivity index (χ3v) is 6.44. The van der Waals surface area contributed by atoms with Gasteiger partial charge in [-0.2, -0.15) is 0 Å². The van der Waals surface area contributed by atoms with Gasteiger partial charge in [-0.1, -0.05) is 48.0 Å². The molecule has 0 unspecified atom stereocenters. The molecule has 1 heterocycles. The van der Waals surface area contributed by atoms with Crippen molar-refractivity contribution in [1.29, 1.82) is 0 Å². The first-order valence-electron chi connectivity index (χ1n) is 10.7. The van der Waals surface area contributed by atoms with Crippen LogP contribution < -0.4 is 14.8 Å². The molecule has 0 aromatic heterocycles. The van der Waals surface area contributed by atoms with Crippen molar-refractivity contribution in [2.75, 3.05) is 20.0 Å². The van der Waals surface area contributed by atoms with Crippen molar-refractivity contribution in [2.24, 2.45) is 9.98 Å². The second-order valence-corrected chi connectivity index (χ2v) is 8.94. The summed E-state index contributed by atoms with van der Waals surface area (Å²) >= 11 is 7.47. The summed E-state index contributed by atoms with van der Waals surface area (Å²) in [7, 11) is 3.17. The molecule has 0 spiro atoms. The summed E-state index contributed by atoms with van der Waals surface area (Å²) in [5, 5.41) is 4.45. The van der Waals surface area contributed by atoms with Crippen molar-refractivity contribution >= 4 is 51.4 Å². The molecule has 0 fully saturated rings. The van der Waals surface area contributed by atoms with E-state index in [1.54, 1.807) is 14.2 Å². The molecule has 0 radical (unpaired) electrons. The average Bonchev–Trinajstić information content (AvgIpc) is 3.05. The molecule has 6 nitrogen and oxygen atoms in total. The number of carbonyl (C=O) groups excluding carboxylic acids is 1. The highest BCUT2D eigenvalue weighted by atomic mass is 35.5. The number of hydrogen-bond acceptors (Lipinski definition) is 6. The number of aliphatic imine (C=N–C) groups is 2. The number of hydrogen-bond donors (Lipinski definition) is 1. The van der Waals surface area contributed by atoms with Crippen LogP contribution in [0, 0.1) is 0 Å². The molecule has 0 aliphatic carbocycles.